The molecule has 20 heavy (non-hydrogen) atoms. The van der Waals surface area contributed by atoms with Crippen LogP contribution >= 0.6 is 15.9 Å². The molecule has 0 heterocycles. The first kappa shape index (κ1) is 15.0. The van der Waals surface area contributed by atoms with E-state index in [1.807, 2.05) is 44.3 Å². The molecule has 0 spiro atoms. The summed E-state index contributed by atoms with van der Waals surface area (Å²) >= 11 is 3.51. The van der Waals surface area contributed by atoms with Crippen molar-refractivity contribution in [2.45, 2.75) is 19.5 Å². The van der Waals surface area contributed by atoms with Gasteiger partial charge in [-0.15, -0.1) is 0 Å². The maximum Gasteiger partial charge on any atom is 0.127 e. The molecule has 0 aliphatic heterocycles. The van der Waals surface area contributed by atoms with E-state index in [2.05, 4.69) is 20.8 Å². The summed E-state index contributed by atoms with van der Waals surface area (Å²) in [7, 11) is 1.97. The third-order valence-corrected chi connectivity index (χ3v) is 4.32. The van der Waals surface area contributed by atoms with Gasteiger partial charge in [0.05, 0.1) is 0 Å². The van der Waals surface area contributed by atoms with Crippen molar-refractivity contribution in [2.24, 2.45) is 0 Å². The van der Waals surface area contributed by atoms with Crippen LogP contribution in [-0.4, -0.2) is 11.9 Å². The fraction of sp³-hybridized carbons (Fsp3) is 0.250. The highest BCUT2D eigenvalue weighted by atomic mass is 79.9. The predicted octanol–water partition coefficient (Wildman–Crippen LogP) is 4.36. The predicted molar refractivity (Wildman–Crippen MR) is 84.8 cm³/mol. The van der Waals surface area contributed by atoms with Crippen LogP contribution in [0.2, 0.25) is 0 Å². The van der Waals surface area contributed by atoms with Gasteiger partial charge in [0.25, 0.3) is 0 Å². The van der Waals surface area contributed by atoms with Crippen LogP contribution < -0.4 is 5.73 Å². The van der Waals surface area contributed by atoms with E-state index in [1.165, 1.54) is 6.07 Å². The summed E-state index contributed by atoms with van der Waals surface area (Å²) in [5.74, 6) is -0.174. The highest BCUT2D eigenvalue weighted by molar-refractivity contribution is 9.10. The summed E-state index contributed by atoms with van der Waals surface area (Å²) in [6.45, 7) is 2.65. The molecule has 0 amide bonds. The van der Waals surface area contributed by atoms with Crippen molar-refractivity contribution in [1.29, 1.82) is 0 Å². The molecular weight excluding hydrogens is 319 g/mol. The van der Waals surface area contributed by atoms with Crippen molar-refractivity contribution in [2.75, 3.05) is 12.8 Å². The number of hydrogen-bond donors (Lipinski definition) is 1. The Kier molecular flexibility index (Phi) is 4.78. The van der Waals surface area contributed by atoms with Gasteiger partial charge in [0, 0.05) is 33.9 Å². The summed E-state index contributed by atoms with van der Waals surface area (Å²) < 4.78 is 14.8. The van der Waals surface area contributed by atoms with Crippen LogP contribution in [0.5, 0.6) is 0 Å². The van der Waals surface area contributed by atoms with Crippen molar-refractivity contribution >= 4 is 21.6 Å². The molecule has 0 saturated carbocycles. The lowest BCUT2D eigenvalue weighted by Crippen LogP contribution is -2.23. The van der Waals surface area contributed by atoms with Crippen molar-refractivity contribution in [3.8, 4) is 0 Å². The van der Waals surface area contributed by atoms with Gasteiger partial charge in [0.1, 0.15) is 5.82 Å². The number of rotatable bonds is 4. The minimum absolute atomic E-state index is 0.0253. The molecular formula is C16H18BrFN2. The molecule has 2 N–H and O–H groups in total. The third kappa shape index (κ3) is 3.19. The Balaban J connectivity index is 2.20. The topological polar surface area (TPSA) is 29.3 Å². The number of benzene rings is 2. The Morgan fingerprint density at radius 3 is 2.55 bits per heavy atom. The average Bonchev–Trinajstić information content (AvgIpc) is 2.42. The van der Waals surface area contributed by atoms with Gasteiger partial charge in [-0.1, -0.05) is 40.2 Å². The molecule has 0 fully saturated rings. The van der Waals surface area contributed by atoms with Crippen molar-refractivity contribution in [1.82, 2.24) is 4.90 Å². The lowest BCUT2D eigenvalue weighted by atomic mass is 10.1. The smallest absolute Gasteiger partial charge is 0.127 e. The molecule has 2 aromatic carbocycles. The molecule has 1 atom stereocenters. The molecule has 0 aliphatic carbocycles. The van der Waals surface area contributed by atoms with Crippen molar-refractivity contribution < 1.29 is 4.39 Å². The van der Waals surface area contributed by atoms with Gasteiger partial charge >= 0.3 is 0 Å². The number of hydrogen-bond acceptors (Lipinski definition) is 2. The fourth-order valence-electron chi connectivity index (χ4n) is 2.18. The molecule has 106 valence electrons. The molecule has 0 saturated heterocycles. The minimum Gasteiger partial charge on any atom is -0.398 e. The average molecular weight is 337 g/mol. The number of nitrogens with zero attached hydrogens (tertiary/aromatic N) is 1. The fourth-order valence-corrected chi connectivity index (χ4v) is 2.69. The van der Waals surface area contributed by atoms with Crippen LogP contribution in [0.15, 0.2) is 46.9 Å². The van der Waals surface area contributed by atoms with Crippen LogP contribution in [0.1, 0.15) is 24.1 Å². The Hall–Kier alpha value is -1.39. The van der Waals surface area contributed by atoms with E-state index in [9.17, 15) is 4.39 Å². The quantitative estimate of drug-likeness (QED) is 0.840. The molecule has 0 aliphatic rings. The van der Waals surface area contributed by atoms with E-state index in [1.54, 1.807) is 6.07 Å². The SMILES string of the molecule is CC(c1ccccc1F)N(C)Cc1c(N)cccc1Br. The van der Waals surface area contributed by atoms with Crippen LogP contribution in [0, 0.1) is 5.82 Å². The van der Waals surface area contributed by atoms with E-state index in [0.29, 0.717) is 12.1 Å². The van der Waals surface area contributed by atoms with Crippen LogP contribution in [0.25, 0.3) is 0 Å². The highest BCUT2D eigenvalue weighted by Crippen LogP contribution is 2.28. The van der Waals surface area contributed by atoms with Crippen LogP contribution in [-0.2, 0) is 6.54 Å². The molecule has 2 nitrogen and oxygen atoms in total. The Bertz CT molecular complexity index is 581. The lowest BCUT2D eigenvalue weighted by molar-refractivity contribution is 0.248. The molecule has 0 aromatic heterocycles. The van der Waals surface area contributed by atoms with Gasteiger partial charge in [-0.3, -0.25) is 4.90 Å². The van der Waals surface area contributed by atoms with E-state index < -0.39 is 0 Å². The van der Waals surface area contributed by atoms with Gasteiger partial charge in [-0.2, -0.15) is 0 Å². The molecule has 2 rings (SSSR count). The lowest BCUT2D eigenvalue weighted by Gasteiger charge is -2.26. The van der Waals surface area contributed by atoms with E-state index in [-0.39, 0.29) is 11.9 Å². The van der Waals surface area contributed by atoms with Gasteiger partial charge in [0.2, 0.25) is 0 Å². The second-order valence-corrected chi connectivity index (χ2v) is 5.77. The first-order valence-corrected chi connectivity index (χ1v) is 7.27. The maximum absolute atomic E-state index is 13.8. The van der Waals surface area contributed by atoms with Gasteiger partial charge in [-0.05, 0) is 32.2 Å². The second kappa shape index (κ2) is 6.37. The summed E-state index contributed by atoms with van der Waals surface area (Å²) in [5.41, 5.74) is 8.47. The van der Waals surface area contributed by atoms with Gasteiger partial charge in [-0.25, -0.2) is 4.39 Å². The summed E-state index contributed by atoms with van der Waals surface area (Å²) in [6.07, 6.45) is 0. The Morgan fingerprint density at radius 2 is 1.90 bits per heavy atom. The summed E-state index contributed by atoms with van der Waals surface area (Å²) in [6, 6.07) is 12.6. The monoisotopic (exact) mass is 336 g/mol. The Morgan fingerprint density at radius 1 is 1.20 bits per heavy atom. The van der Waals surface area contributed by atoms with E-state index >= 15 is 0 Å². The minimum atomic E-state index is -0.174. The summed E-state index contributed by atoms with van der Waals surface area (Å²) in [4.78, 5) is 2.08. The number of nitrogen functional groups attached to an aromatic ring is 1. The van der Waals surface area contributed by atoms with Crippen molar-refractivity contribution in [3.05, 3.63) is 63.9 Å². The van der Waals surface area contributed by atoms with E-state index in [4.69, 9.17) is 5.73 Å². The standard InChI is InChI=1S/C16H18BrFN2/c1-11(12-6-3-4-8-15(12)18)20(2)10-13-14(17)7-5-9-16(13)19/h3-9,11H,10,19H2,1-2H3. The molecule has 0 bridgehead atoms. The zero-order valence-corrected chi connectivity index (χ0v) is 13.2. The second-order valence-electron chi connectivity index (χ2n) is 4.92. The van der Waals surface area contributed by atoms with E-state index in [0.717, 1.165) is 15.7 Å². The first-order chi connectivity index (χ1) is 9.50. The molecule has 0 radical (unpaired) electrons. The van der Waals surface area contributed by atoms with Crippen LogP contribution in [0.4, 0.5) is 10.1 Å². The molecule has 1 unspecified atom stereocenters. The molecule has 4 heteroatoms. The van der Waals surface area contributed by atoms with Gasteiger partial charge < -0.3 is 5.73 Å². The zero-order valence-electron chi connectivity index (χ0n) is 11.6. The molecule has 2 aromatic rings. The third-order valence-electron chi connectivity index (χ3n) is 3.58. The number of nitrogens with two attached hydrogens (primary N) is 1. The van der Waals surface area contributed by atoms with Crippen molar-refractivity contribution in [3.63, 3.8) is 0 Å². The normalized spacial score (nSPS) is 12.7. The number of anilines is 1. The number of halogens is 2. The highest BCUT2D eigenvalue weighted by Gasteiger charge is 2.17. The first-order valence-electron chi connectivity index (χ1n) is 6.48. The largest absolute Gasteiger partial charge is 0.398 e. The summed E-state index contributed by atoms with van der Waals surface area (Å²) in [5, 5.41) is 0. The van der Waals surface area contributed by atoms with Crippen LogP contribution in [0.3, 0.4) is 0 Å². The zero-order chi connectivity index (χ0) is 14.7. The Labute approximate surface area is 127 Å². The van der Waals surface area contributed by atoms with Gasteiger partial charge in [0.15, 0.2) is 0 Å². The maximum atomic E-state index is 13.8.